The van der Waals surface area contributed by atoms with Gasteiger partial charge in [0.15, 0.2) is 0 Å². The van der Waals surface area contributed by atoms with E-state index in [0.717, 1.165) is 34.1 Å². The molecule has 0 aromatic heterocycles. The van der Waals surface area contributed by atoms with Crippen LogP contribution in [0.4, 0.5) is 34.1 Å². The summed E-state index contributed by atoms with van der Waals surface area (Å²) in [5, 5.41) is 9.99. The Morgan fingerprint density at radius 1 is 0.0965 bits per heavy atom. The summed E-state index contributed by atoms with van der Waals surface area (Å²) in [6.45, 7) is 0. The van der Waals surface area contributed by atoms with Crippen LogP contribution in [0.25, 0.3) is 154 Å². The van der Waals surface area contributed by atoms with Crippen molar-refractivity contribution in [2.24, 2.45) is 0 Å². The number of hydrogen-bond acceptors (Lipinski definition) is 2. The van der Waals surface area contributed by atoms with Crippen LogP contribution in [0.3, 0.4) is 0 Å². The van der Waals surface area contributed by atoms with Gasteiger partial charge in [0, 0.05) is 34.1 Å². The third-order valence-electron chi connectivity index (χ3n) is 22.1. The minimum atomic E-state index is 1.09. The van der Waals surface area contributed by atoms with Crippen molar-refractivity contribution in [3.63, 3.8) is 0 Å². The highest BCUT2D eigenvalue weighted by Gasteiger charge is 2.21. The molecule has 0 bridgehead atoms. The molecule has 0 aliphatic heterocycles. The van der Waals surface area contributed by atoms with Crippen LogP contribution in [0, 0.1) is 0 Å². The summed E-state index contributed by atoms with van der Waals surface area (Å²) in [6.07, 6.45) is 0. The van der Waals surface area contributed by atoms with Gasteiger partial charge in [-0.05, 0) is 257 Å². The van der Waals surface area contributed by atoms with Crippen molar-refractivity contribution >= 4 is 77.2 Å². The van der Waals surface area contributed by atoms with Crippen molar-refractivity contribution in [3.8, 4) is 111 Å². The van der Waals surface area contributed by atoms with E-state index in [4.69, 9.17) is 0 Å². The highest BCUT2D eigenvalue weighted by Crippen LogP contribution is 2.46. The zero-order valence-electron chi connectivity index (χ0n) is 62.9. The van der Waals surface area contributed by atoms with Crippen molar-refractivity contribution < 1.29 is 0 Å². The molecule has 0 unspecified atom stereocenters. The molecule has 0 saturated heterocycles. The van der Waals surface area contributed by atoms with Gasteiger partial charge in [0.1, 0.15) is 0 Å². The van der Waals surface area contributed by atoms with E-state index in [1.165, 1.54) is 154 Å². The van der Waals surface area contributed by atoms with E-state index >= 15 is 0 Å². The summed E-state index contributed by atoms with van der Waals surface area (Å²) < 4.78 is 0. The topological polar surface area (TPSA) is 6.48 Å². The molecule has 20 aromatic rings. The average Bonchev–Trinajstić information content (AvgIpc) is 0.776. The minimum absolute atomic E-state index is 1.09. The normalized spacial score (nSPS) is 11.2. The largest absolute Gasteiger partial charge is 0.310 e. The van der Waals surface area contributed by atoms with Gasteiger partial charge in [-0.15, -0.1) is 0 Å². The Labute approximate surface area is 667 Å². The highest BCUT2D eigenvalue weighted by molar-refractivity contribution is 5.96. The quantitative estimate of drug-likeness (QED) is 0.0951. The molecule has 0 radical (unpaired) electrons. The Morgan fingerprint density at radius 3 is 0.632 bits per heavy atom. The van der Waals surface area contributed by atoms with E-state index in [-0.39, 0.29) is 0 Å². The third kappa shape index (κ3) is 14.7. The molecule has 0 fully saturated rings. The first kappa shape index (κ1) is 69.5. The molecular weight excluding hydrogens is 1370 g/mol. The number of benzene rings is 20. The maximum absolute atomic E-state index is 2.38. The van der Waals surface area contributed by atoms with Crippen LogP contribution in [0.15, 0.2) is 473 Å². The van der Waals surface area contributed by atoms with Crippen molar-refractivity contribution in [1.82, 2.24) is 0 Å². The van der Waals surface area contributed by atoms with Crippen molar-refractivity contribution in [2.45, 2.75) is 0 Å². The minimum Gasteiger partial charge on any atom is -0.310 e. The number of hydrogen-bond donors (Lipinski definition) is 0. The first-order valence-electron chi connectivity index (χ1n) is 39.2. The smallest absolute Gasteiger partial charge is 0.0468 e. The lowest BCUT2D eigenvalue weighted by Crippen LogP contribution is -2.10. The molecule has 0 spiro atoms. The maximum atomic E-state index is 2.38. The van der Waals surface area contributed by atoms with Crippen LogP contribution in [0.5, 0.6) is 0 Å². The van der Waals surface area contributed by atoms with Crippen LogP contribution in [0.1, 0.15) is 0 Å². The van der Waals surface area contributed by atoms with Gasteiger partial charge in [0.2, 0.25) is 0 Å². The van der Waals surface area contributed by atoms with Gasteiger partial charge >= 0.3 is 0 Å². The molecular formula is C112H78N2. The fraction of sp³-hybridized carbons (Fsp3) is 0. The number of rotatable bonds is 16. The molecule has 2 nitrogen and oxygen atoms in total. The second-order valence-electron chi connectivity index (χ2n) is 29.2. The molecule has 0 atom stereocenters. The zero-order valence-corrected chi connectivity index (χ0v) is 62.9. The Bertz CT molecular complexity index is 6530. The van der Waals surface area contributed by atoms with Crippen LogP contribution < -0.4 is 9.80 Å². The molecule has 0 N–H and O–H groups in total. The number of fused-ring (bicyclic) bond motifs is 4. The summed E-state index contributed by atoms with van der Waals surface area (Å²) in [7, 11) is 0. The van der Waals surface area contributed by atoms with Gasteiger partial charge in [-0.2, -0.15) is 0 Å². The molecule has 0 amide bonds. The summed E-state index contributed by atoms with van der Waals surface area (Å²) >= 11 is 0. The molecule has 20 rings (SSSR count). The predicted molar refractivity (Wildman–Crippen MR) is 487 cm³/mol. The van der Waals surface area contributed by atoms with Gasteiger partial charge in [-0.3, -0.25) is 0 Å². The van der Waals surface area contributed by atoms with E-state index in [1.807, 2.05) is 0 Å². The molecule has 114 heavy (non-hydrogen) atoms. The number of nitrogens with zero attached hydrogens (tertiary/aromatic N) is 2. The van der Waals surface area contributed by atoms with E-state index < -0.39 is 0 Å². The van der Waals surface area contributed by atoms with E-state index in [9.17, 15) is 0 Å². The fourth-order valence-electron chi connectivity index (χ4n) is 16.1. The molecule has 0 aliphatic rings. The summed E-state index contributed by atoms with van der Waals surface area (Å²) in [4.78, 5) is 4.76. The van der Waals surface area contributed by atoms with Gasteiger partial charge in [0.05, 0.1) is 0 Å². The zero-order chi connectivity index (χ0) is 75.9. The Hall–Kier alpha value is -15.0. The molecule has 536 valence electrons. The van der Waals surface area contributed by atoms with Gasteiger partial charge in [-0.1, -0.05) is 370 Å². The average molecular weight is 1450 g/mol. The number of anilines is 6. The van der Waals surface area contributed by atoms with E-state index in [2.05, 4.69) is 483 Å². The molecule has 20 aromatic carbocycles. The first-order chi connectivity index (χ1) is 56.5. The van der Waals surface area contributed by atoms with Crippen molar-refractivity contribution in [2.75, 3.05) is 9.80 Å². The second-order valence-corrected chi connectivity index (χ2v) is 29.2. The second kappa shape index (κ2) is 31.6. The summed E-state index contributed by atoms with van der Waals surface area (Å²) in [5.41, 5.74) is 30.5. The van der Waals surface area contributed by atoms with Gasteiger partial charge in [-0.25, -0.2) is 0 Å². The lowest BCUT2D eigenvalue weighted by atomic mass is 9.92. The van der Waals surface area contributed by atoms with Crippen LogP contribution in [-0.4, -0.2) is 0 Å². The van der Waals surface area contributed by atoms with Gasteiger partial charge < -0.3 is 9.80 Å². The highest BCUT2D eigenvalue weighted by atomic mass is 15.1. The van der Waals surface area contributed by atoms with Gasteiger partial charge in [0.25, 0.3) is 0 Å². The van der Waals surface area contributed by atoms with E-state index in [1.54, 1.807) is 0 Å². The molecule has 2 heteroatoms. The first-order valence-corrected chi connectivity index (χ1v) is 39.2. The van der Waals surface area contributed by atoms with Crippen LogP contribution in [0.2, 0.25) is 0 Å². The Kier molecular flexibility index (Phi) is 19.2. The van der Waals surface area contributed by atoms with E-state index in [0.29, 0.717) is 0 Å². The SMILES string of the molecule is c1ccc(-c2ccc(-c3ccc(N(c4ccc(-c5ccc6ccccc6c5)cc4)c4ccc(-c5ccc6ccccc6c5)cc4)cc3-c3ccccc3)cc2)cc1.c1ccc(-c2cccc(-c3ccc(N(c4ccc(-c5ccc6ccccc6c5)cc4)c4ccc(-c5ccc6ccccc6c5)cc4)cc3-c3ccccc3)c2)cc1. The standard InChI is InChI=1S/2C56H39N/c1-3-12-40(13-4-1)48-20-11-21-51(38-48)55-35-34-54(39-56(55)45-16-5-2-6-17-45)57(52-30-26-43(27-31-52)49-24-22-41-14-7-9-18-46(41)36-49)53-32-28-44(29-33-53)50-25-23-42-15-8-10-19-47(42)37-50;1-3-11-40(12-4-1)43-19-23-47(24-20-43)55-36-35-54(39-56(55)46-15-5-2-6-16-46)57(52-31-27-44(28-32-52)50-25-21-41-13-7-9-17-48(41)37-50)53-33-29-45(30-34-53)51-26-22-42-14-8-10-18-49(42)38-51/h2*1-39H. The monoisotopic (exact) mass is 1450 g/mol. The van der Waals surface area contributed by atoms with Crippen LogP contribution in [-0.2, 0) is 0 Å². The Morgan fingerprint density at radius 2 is 0.298 bits per heavy atom. The molecule has 0 aliphatic carbocycles. The van der Waals surface area contributed by atoms with Crippen molar-refractivity contribution in [3.05, 3.63) is 473 Å². The predicted octanol–water partition coefficient (Wildman–Crippen LogP) is 31.6. The lowest BCUT2D eigenvalue weighted by molar-refractivity contribution is 1.28. The summed E-state index contributed by atoms with van der Waals surface area (Å²) in [6, 6.07) is 171. The van der Waals surface area contributed by atoms with Crippen molar-refractivity contribution in [1.29, 1.82) is 0 Å². The van der Waals surface area contributed by atoms with Crippen LogP contribution >= 0.6 is 0 Å². The summed E-state index contributed by atoms with van der Waals surface area (Å²) in [5.74, 6) is 0. The Balaban J connectivity index is 0.000000153. The third-order valence-corrected chi connectivity index (χ3v) is 22.1. The maximum Gasteiger partial charge on any atom is 0.0468 e. The molecule has 0 saturated carbocycles. The fourth-order valence-corrected chi connectivity index (χ4v) is 16.1. The lowest BCUT2D eigenvalue weighted by Gasteiger charge is -2.27. The molecule has 0 heterocycles.